The van der Waals surface area contributed by atoms with Gasteiger partial charge in [-0.25, -0.2) is 0 Å². The van der Waals surface area contributed by atoms with Gasteiger partial charge in [0.15, 0.2) is 0 Å². The standard InChI is InChI=1S/C7H16O3S2/c1-6(2,7(3,4)11)5-12(8,9)10/h11H,5H2,1-4H3,(H,8,9,10). The van der Waals surface area contributed by atoms with Crippen molar-refractivity contribution in [3.8, 4) is 0 Å². The molecule has 5 heteroatoms. The third-order valence-electron chi connectivity index (χ3n) is 2.20. The lowest BCUT2D eigenvalue weighted by molar-refractivity contribution is 0.314. The normalized spacial score (nSPS) is 14.8. The molecule has 0 bridgehead atoms. The highest BCUT2D eigenvalue weighted by atomic mass is 32.2. The topological polar surface area (TPSA) is 54.4 Å². The molecule has 0 spiro atoms. The van der Waals surface area contributed by atoms with Gasteiger partial charge in [0.25, 0.3) is 10.1 Å². The zero-order valence-corrected chi connectivity index (χ0v) is 9.54. The highest BCUT2D eigenvalue weighted by Crippen LogP contribution is 2.36. The van der Waals surface area contributed by atoms with Gasteiger partial charge in [0.05, 0.1) is 5.75 Å². The van der Waals surface area contributed by atoms with E-state index >= 15 is 0 Å². The van der Waals surface area contributed by atoms with Crippen molar-refractivity contribution in [2.24, 2.45) is 5.41 Å². The molecular formula is C7H16O3S2. The molecule has 0 aromatic carbocycles. The molecule has 12 heavy (non-hydrogen) atoms. The molecule has 0 aliphatic carbocycles. The second-order valence-corrected chi connectivity index (χ2v) is 6.74. The van der Waals surface area contributed by atoms with Gasteiger partial charge < -0.3 is 0 Å². The number of hydrogen-bond donors (Lipinski definition) is 2. The van der Waals surface area contributed by atoms with Crippen molar-refractivity contribution in [2.75, 3.05) is 5.75 Å². The summed E-state index contributed by atoms with van der Waals surface area (Å²) in [6.45, 7) is 7.16. The molecule has 0 radical (unpaired) electrons. The Bertz CT molecular complexity index is 246. The molecule has 0 rings (SSSR count). The Balaban J connectivity index is 4.67. The van der Waals surface area contributed by atoms with E-state index < -0.39 is 20.3 Å². The first kappa shape index (κ1) is 12.3. The summed E-state index contributed by atoms with van der Waals surface area (Å²) in [5.41, 5.74) is -0.552. The van der Waals surface area contributed by atoms with E-state index in [2.05, 4.69) is 12.6 Å². The molecule has 0 heterocycles. The number of rotatable bonds is 3. The third kappa shape index (κ3) is 3.78. The lowest BCUT2D eigenvalue weighted by Crippen LogP contribution is -2.39. The second kappa shape index (κ2) is 3.20. The van der Waals surface area contributed by atoms with Crippen molar-refractivity contribution in [1.29, 1.82) is 0 Å². The number of thiol groups is 1. The van der Waals surface area contributed by atoms with E-state index in [0.717, 1.165) is 0 Å². The minimum atomic E-state index is -3.91. The molecule has 0 aliphatic rings. The van der Waals surface area contributed by atoms with E-state index in [4.69, 9.17) is 4.55 Å². The van der Waals surface area contributed by atoms with Gasteiger partial charge in [-0.1, -0.05) is 27.7 Å². The fourth-order valence-corrected chi connectivity index (χ4v) is 2.09. The quantitative estimate of drug-likeness (QED) is 0.552. The molecule has 0 saturated heterocycles. The molecule has 74 valence electrons. The van der Waals surface area contributed by atoms with Crippen molar-refractivity contribution in [1.82, 2.24) is 0 Å². The molecule has 0 unspecified atom stereocenters. The third-order valence-corrected chi connectivity index (χ3v) is 3.89. The predicted octanol–water partition coefficient (Wildman–Crippen LogP) is 1.61. The van der Waals surface area contributed by atoms with Gasteiger partial charge >= 0.3 is 0 Å². The van der Waals surface area contributed by atoms with Crippen LogP contribution in [0.3, 0.4) is 0 Å². The summed E-state index contributed by atoms with van der Waals surface area (Å²) >= 11 is 4.27. The largest absolute Gasteiger partial charge is 0.286 e. The Labute approximate surface area is 79.7 Å². The van der Waals surface area contributed by atoms with E-state index in [9.17, 15) is 8.42 Å². The van der Waals surface area contributed by atoms with Crippen LogP contribution in [0.2, 0.25) is 0 Å². The minimum Gasteiger partial charge on any atom is -0.286 e. The van der Waals surface area contributed by atoms with Gasteiger partial charge in [-0.05, 0) is 5.41 Å². The van der Waals surface area contributed by atoms with Crippen molar-refractivity contribution in [3.63, 3.8) is 0 Å². The maximum Gasteiger partial charge on any atom is 0.265 e. The van der Waals surface area contributed by atoms with Gasteiger partial charge in [0.2, 0.25) is 0 Å². The second-order valence-electron chi connectivity index (χ2n) is 4.17. The molecule has 0 fully saturated rings. The van der Waals surface area contributed by atoms with Gasteiger partial charge in [-0.3, -0.25) is 4.55 Å². The Kier molecular flexibility index (Phi) is 3.26. The zero-order valence-electron chi connectivity index (χ0n) is 7.83. The van der Waals surface area contributed by atoms with Crippen LogP contribution < -0.4 is 0 Å². The van der Waals surface area contributed by atoms with Crippen LogP contribution in [-0.4, -0.2) is 23.5 Å². The Hall–Kier alpha value is 0.260. The van der Waals surface area contributed by atoms with E-state index in [1.807, 2.05) is 13.8 Å². The van der Waals surface area contributed by atoms with Gasteiger partial charge in [0.1, 0.15) is 0 Å². The Morgan fingerprint density at radius 3 is 1.67 bits per heavy atom. The van der Waals surface area contributed by atoms with Crippen LogP contribution in [0.5, 0.6) is 0 Å². The molecule has 0 aromatic rings. The molecule has 0 atom stereocenters. The van der Waals surface area contributed by atoms with Crippen LogP contribution in [-0.2, 0) is 10.1 Å². The summed E-state index contributed by atoms with van der Waals surface area (Å²) in [5.74, 6) is -0.267. The van der Waals surface area contributed by atoms with Gasteiger partial charge in [-0.2, -0.15) is 21.0 Å². The van der Waals surface area contributed by atoms with Gasteiger partial charge in [0, 0.05) is 4.75 Å². The molecule has 0 amide bonds. The molecule has 0 aliphatic heterocycles. The summed E-state index contributed by atoms with van der Waals surface area (Å²) in [4.78, 5) is 0. The minimum absolute atomic E-state index is 0.267. The van der Waals surface area contributed by atoms with Crippen molar-refractivity contribution in [2.45, 2.75) is 32.4 Å². The van der Waals surface area contributed by atoms with Crippen molar-refractivity contribution >= 4 is 22.7 Å². The summed E-state index contributed by atoms with van der Waals surface area (Å²) in [5, 5.41) is 0. The van der Waals surface area contributed by atoms with E-state index in [1.54, 1.807) is 13.8 Å². The SMILES string of the molecule is CC(C)(S)C(C)(C)CS(=O)(=O)O. The smallest absolute Gasteiger partial charge is 0.265 e. The monoisotopic (exact) mass is 212 g/mol. The van der Waals surface area contributed by atoms with E-state index in [0.29, 0.717) is 0 Å². The first-order chi connectivity index (χ1) is 4.96. The van der Waals surface area contributed by atoms with Crippen LogP contribution in [0, 0.1) is 5.41 Å². The fraction of sp³-hybridized carbons (Fsp3) is 1.00. The van der Waals surface area contributed by atoms with Crippen LogP contribution in [0.1, 0.15) is 27.7 Å². The first-order valence-corrected chi connectivity index (χ1v) is 5.69. The predicted molar refractivity (Wildman–Crippen MR) is 53.3 cm³/mol. The highest BCUT2D eigenvalue weighted by molar-refractivity contribution is 7.86. The number of hydrogen-bond acceptors (Lipinski definition) is 3. The zero-order chi connectivity index (χ0) is 10.2. The maximum absolute atomic E-state index is 10.6. The summed E-state index contributed by atoms with van der Waals surface area (Å²) in [6, 6.07) is 0. The molecule has 3 nitrogen and oxygen atoms in total. The van der Waals surface area contributed by atoms with E-state index in [1.165, 1.54) is 0 Å². The lowest BCUT2D eigenvalue weighted by atomic mass is 9.82. The Morgan fingerprint density at radius 2 is 1.58 bits per heavy atom. The average molecular weight is 212 g/mol. The van der Waals surface area contributed by atoms with Crippen LogP contribution in [0.25, 0.3) is 0 Å². The summed E-state index contributed by atoms with van der Waals surface area (Å²) < 4.78 is 29.4. The van der Waals surface area contributed by atoms with Crippen molar-refractivity contribution in [3.05, 3.63) is 0 Å². The van der Waals surface area contributed by atoms with Crippen molar-refractivity contribution < 1.29 is 13.0 Å². The Morgan fingerprint density at radius 1 is 1.25 bits per heavy atom. The molecule has 0 saturated carbocycles. The summed E-state index contributed by atoms with van der Waals surface area (Å²) in [7, 11) is -3.91. The van der Waals surface area contributed by atoms with E-state index in [-0.39, 0.29) is 5.75 Å². The maximum atomic E-state index is 10.6. The van der Waals surface area contributed by atoms with Crippen LogP contribution in [0.15, 0.2) is 0 Å². The van der Waals surface area contributed by atoms with Crippen LogP contribution >= 0.6 is 12.6 Å². The fourth-order valence-electron chi connectivity index (χ4n) is 0.633. The van der Waals surface area contributed by atoms with Crippen LogP contribution in [0.4, 0.5) is 0 Å². The average Bonchev–Trinajstić information content (AvgIpc) is 1.52. The first-order valence-electron chi connectivity index (χ1n) is 3.63. The summed E-state index contributed by atoms with van der Waals surface area (Å²) in [6.07, 6.45) is 0. The molecule has 0 aromatic heterocycles. The lowest BCUT2D eigenvalue weighted by Gasteiger charge is -2.36. The molecule has 1 N–H and O–H groups in total. The van der Waals surface area contributed by atoms with Gasteiger partial charge in [-0.15, -0.1) is 0 Å². The molecular weight excluding hydrogens is 196 g/mol. The highest BCUT2D eigenvalue weighted by Gasteiger charge is 2.37.